The molecule has 2 rings (SSSR count). The van der Waals surface area contributed by atoms with Crippen molar-refractivity contribution in [2.75, 3.05) is 7.11 Å². The number of hydrogen-bond donors (Lipinski definition) is 0. The van der Waals surface area contributed by atoms with Crippen molar-refractivity contribution in [3.05, 3.63) is 35.4 Å². The molecule has 1 aromatic carbocycles. The van der Waals surface area contributed by atoms with E-state index in [-0.39, 0.29) is 0 Å². The Hall–Kier alpha value is -1.75. The Morgan fingerprint density at radius 2 is 2.33 bits per heavy atom. The maximum absolute atomic E-state index is 8.71. The zero-order chi connectivity index (χ0) is 10.8. The molecule has 0 N–H and O–H groups in total. The summed E-state index contributed by atoms with van der Waals surface area (Å²) in [5, 5.41) is 8.71. The topological polar surface area (TPSA) is 33.0 Å². The van der Waals surface area contributed by atoms with Crippen LogP contribution in [0, 0.1) is 11.3 Å². The van der Waals surface area contributed by atoms with E-state index >= 15 is 0 Å². The van der Waals surface area contributed by atoms with Crippen LogP contribution < -0.4 is 4.74 Å². The Kier molecular flexibility index (Phi) is 2.47. The fraction of sp³-hybridized carbons (Fsp3) is 0.308. The highest BCUT2D eigenvalue weighted by Gasteiger charge is 2.23. The van der Waals surface area contributed by atoms with Gasteiger partial charge in [-0.1, -0.05) is 13.0 Å². The number of allylic oxidation sites excluding steroid dienone is 2. The molecule has 0 spiro atoms. The Morgan fingerprint density at radius 3 is 3.00 bits per heavy atom. The smallest absolute Gasteiger partial charge is 0.119 e. The first-order chi connectivity index (χ1) is 7.26. The van der Waals surface area contributed by atoms with Crippen molar-refractivity contribution < 1.29 is 4.74 Å². The number of methoxy groups -OCH3 is 1. The SMILES string of the molecule is COc1ccc2c(c1)/C(=C/C#N)CC2C. The van der Waals surface area contributed by atoms with E-state index in [0.29, 0.717) is 5.92 Å². The lowest BCUT2D eigenvalue weighted by atomic mass is 10.0. The molecule has 1 unspecified atom stereocenters. The highest BCUT2D eigenvalue weighted by molar-refractivity contribution is 5.76. The predicted molar refractivity (Wildman–Crippen MR) is 59.6 cm³/mol. The summed E-state index contributed by atoms with van der Waals surface area (Å²) in [7, 11) is 1.66. The van der Waals surface area contributed by atoms with Crippen LogP contribution in [0.15, 0.2) is 24.3 Å². The fourth-order valence-electron chi connectivity index (χ4n) is 2.13. The molecular formula is C13H13NO. The second-order valence-electron chi connectivity index (χ2n) is 3.86. The van der Waals surface area contributed by atoms with Gasteiger partial charge in [0.1, 0.15) is 5.75 Å². The van der Waals surface area contributed by atoms with Crippen molar-refractivity contribution in [3.63, 3.8) is 0 Å². The number of benzene rings is 1. The van der Waals surface area contributed by atoms with Crippen LogP contribution in [0.4, 0.5) is 0 Å². The lowest BCUT2D eigenvalue weighted by molar-refractivity contribution is 0.414. The normalized spacial score (nSPS) is 21.1. The van der Waals surface area contributed by atoms with E-state index in [1.165, 1.54) is 11.1 Å². The van der Waals surface area contributed by atoms with Crippen LogP contribution >= 0.6 is 0 Å². The third-order valence-corrected chi connectivity index (χ3v) is 2.90. The Labute approximate surface area is 89.8 Å². The summed E-state index contributed by atoms with van der Waals surface area (Å²) in [6, 6.07) is 8.19. The van der Waals surface area contributed by atoms with Gasteiger partial charge in [0.15, 0.2) is 0 Å². The van der Waals surface area contributed by atoms with E-state index in [2.05, 4.69) is 19.1 Å². The molecule has 1 aromatic rings. The Balaban J connectivity index is 2.53. The Morgan fingerprint density at radius 1 is 1.53 bits per heavy atom. The van der Waals surface area contributed by atoms with Gasteiger partial charge < -0.3 is 4.74 Å². The summed E-state index contributed by atoms with van der Waals surface area (Å²) < 4.78 is 5.19. The number of ether oxygens (including phenoxy) is 1. The molecule has 0 fully saturated rings. The van der Waals surface area contributed by atoms with Gasteiger partial charge >= 0.3 is 0 Å². The van der Waals surface area contributed by atoms with Crippen LogP contribution in [-0.4, -0.2) is 7.11 Å². The molecule has 1 aliphatic carbocycles. The molecule has 0 bridgehead atoms. The van der Waals surface area contributed by atoms with Crippen molar-refractivity contribution in [2.45, 2.75) is 19.3 Å². The number of hydrogen-bond acceptors (Lipinski definition) is 2. The fourth-order valence-corrected chi connectivity index (χ4v) is 2.13. The quantitative estimate of drug-likeness (QED) is 0.651. The summed E-state index contributed by atoms with van der Waals surface area (Å²) in [6.45, 7) is 2.18. The zero-order valence-corrected chi connectivity index (χ0v) is 8.95. The summed E-state index contributed by atoms with van der Waals surface area (Å²) in [6.07, 6.45) is 2.60. The second kappa shape index (κ2) is 3.78. The van der Waals surface area contributed by atoms with Crippen molar-refractivity contribution in [3.8, 4) is 11.8 Å². The monoisotopic (exact) mass is 199 g/mol. The van der Waals surface area contributed by atoms with Crippen molar-refractivity contribution in [2.24, 2.45) is 0 Å². The molecule has 1 aliphatic rings. The number of nitrogens with zero attached hydrogens (tertiary/aromatic N) is 1. The van der Waals surface area contributed by atoms with Crippen molar-refractivity contribution in [1.29, 1.82) is 5.26 Å². The number of fused-ring (bicyclic) bond motifs is 1. The van der Waals surface area contributed by atoms with Gasteiger partial charge in [-0.15, -0.1) is 0 Å². The molecule has 0 saturated heterocycles. The minimum absolute atomic E-state index is 0.505. The van der Waals surface area contributed by atoms with Gasteiger partial charge in [-0.3, -0.25) is 0 Å². The molecule has 15 heavy (non-hydrogen) atoms. The largest absolute Gasteiger partial charge is 0.497 e. The minimum atomic E-state index is 0.505. The van der Waals surface area contributed by atoms with Gasteiger partial charge in [0, 0.05) is 6.08 Å². The van der Waals surface area contributed by atoms with Crippen LogP contribution in [0.1, 0.15) is 30.4 Å². The van der Waals surface area contributed by atoms with Crippen LogP contribution in [0.3, 0.4) is 0 Å². The van der Waals surface area contributed by atoms with E-state index in [9.17, 15) is 0 Å². The minimum Gasteiger partial charge on any atom is -0.497 e. The highest BCUT2D eigenvalue weighted by Crippen LogP contribution is 2.41. The van der Waals surface area contributed by atoms with E-state index < -0.39 is 0 Å². The Bertz CT molecular complexity index is 454. The number of rotatable bonds is 1. The second-order valence-corrected chi connectivity index (χ2v) is 3.86. The first-order valence-electron chi connectivity index (χ1n) is 5.03. The van der Waals surface area contributed by atoms with Crippen LogP contribution in [0.5, 0.6) is 5.75 Å². The summed E-state index contributed by atoms with van der Waals surface area (Å²) in [5.74, 6) is 1.36. The lowest BCUT2D eigenvalue weighted by Crippen LogP contribution is -1.88. The average molecular weight is 199 g/mol. The van der Waals surface area contributed by atoms with Crippen LogP contribution in [0.25, 0.3) is 5.57 Å². The standard InChI is InChI=1S/C13H13NO/c1-9-7-10(5-6-14)13-8-11(15-2)3-4-12(9)13/h3-5,8-9H,7H2,1-2H3/b10-5+. The lowest BCUT2D eigenvalue weighted by Gasteiger charge is -2.05. The first-order valence-corrected chi connectivity index (χ1v) is 5.03. The molecule has 0 saturated carbocycles. The molecule has 1 atom stereocenters. The van der Waals surface area contributed by atoms with Crippen LogP contribution in [0.2, 0.25) is 0 Å². The molecule has 2 nitrogen and oxygen atoms in total. The van der Waals surface area contributed by atoms with E-state index in [1.54, 1.807) is 13.2 Å². The third kappa shape index (κ3) is 1.61. The molecule has 0 amide bonds. The van der Waals surface area contributed by atoms with E-state index in [4.69, 9.17) is 10.00 Å². The maximum atomic E-state index is 8.71. The average Bonchev–Trinajstić information content (AvgIpc) is 2.56. The molecule has 2 heteroatoms. The highest BCUT2D eigenvalue weighted by atomic mass is 16.5. The predicted octanol–water partition coefficient (Wildman–Crippen LogP) is 3.11. The van der Waals surface area contributed by atoms with Crippen molar-refractivity contribution in [1.82, 2.24) is 0 Å². The molecule has 0 aromatic heterocycles. The third-order valence-electron chi connectivity index (χ3n) is 2.90. The molecule has 76 valence electrons. The van der Waals surface area contributed by atoms with Gasteiger partial charge in [-0.2, -0.15) is 5.26 Å². The van der Waals surface area contributed by atoms with Gasteiger partial charge in [-0.05, 0) is 41.2 Å². The zero-order valence-electron chi connectivity index (χ0n) is 8.95. The van der Waals surface area contributed by atoms with Gasteiger partial charge in [0.2, 0.25) is 0 Å². The first kappa shape index (κ1) is 9.79. The van der Waals surface area contributed by atoms with Crippen LogP contribution in [-0.2, 0) is 0 Å². The molecule has 0 aliphatic heterocycles. The molecular weight excluding hydrogens is 186 g/mol. The van der Waals surface area contributed by atoms with Crippen molar-refractivity contribution >= 4 is 5.57 Å². The van der Waals surface area contributed by atoms with E-state index in [0.717, 1.165) is 17.7 Å². The summed E-state index contributed by atoms with van der Waals surface area (Å²) in [5.41, 5.74) is 3.61. The molecule has 0 heterocycles. The van der Waals surface area contributed by atoms with Gasteiger partial charge in [0.25, 0.3) is 0 Å². The van der Waals surface area contributed by atoms with Gasteiger partial charge in [-0.25, -0.2) is 0 Å². The molecule has 0 radical (unpaired) electrons. The summed E-state index contributed by atoms with van der Waals surface area (Å²) in [4.78, 5) is 0. The van der Waals surface area contributed by atoms with E-state index in [1.807, 2.05) is 12.1 Å². The van der Waals surface area contributed by atoms with Gasteiger partial charge in [0.05, 0.1) is 13.2 Å². The maximum Gasteiger partial charge on any atom is 0.119 e. The summed E-state index contributed by atoms with van der Waals surface area (Å²) >= 11 is 0. The number of nitriles is 1.